The number of hydrogen-bond donors (Lipinski definition) is 1. The molecule has 0 aliphatic carbocycles. The second kappa shape index (κ2) is 12.1. The zero-order valence-electron chi connectivity index (χ0n) is 19.9. The van der Waals surface area contributed by atoms with Crippen molar-refractivity contribution in [3.8, 4) is 0 Å². The molecule has 0 radical (unpaired) electrons. The molecular weight excluding hydrogens is 493 g/mol. The molecule has 3 aromatic rings. The first-order valence-corrected chi connectivity index (χ1v) is 11.3. The molecule has 0 saturated carbocycles. The van der Waals surface area contributed by atoms with Gasteiger partial charge < -0.3 is 14.9 Å². The second-order valence-corrected chi connectivity index (χ2v) is 8.29. The minimum absolute atomic E-state index is 0.0377. The van der Waals surface area contributed by atoms with E-state index in [2.05, 4.69) is 20.3 Å². The highest BCUT2D eigenvalue weighted by atomic mass is 35.5. The van der Waals surface area contributed by atoms with E-state index in [4.69, 9.17) is 16.3 Å². The van der Waals surface area contributed by atoms with Crippen molar-refractivity contribution in [2.75, 3.05) is 19.5 Å². The number of carbonyl (C=O) groups excluding carboxylic acids is 1. The molecule has 0 bridgehead atoms. The van der Waals surface area contributed by atoms with Gasteiger partial charge in [0.15, 0.2) is 0 Å². The molecular formula is C24H25ClFN5O5. The minimum atomic E-state index is -0.809. The van der Waals surface area contributed by atoms with Crippen LogP contribution in [0.5, 0.6) is 0 Å². The second-order valence-electron chi connectivity index (χ2n) is 7.86. The number of nitrogens with one attached hydrogen (secondary N) is 1. The lowest BCUT2D eigenvalue weighted by Crippen LogP contribution is -2.43. The summed E-state index contributed by atoms with van der Waals surface area (Å²) in [5.74, 6) is -1.64. The molecule has 190 valence electrons. The zero-order valence-corrected chi connectivity index (χ0v) is 20.7. The van der Waals surface area contributed by atoms with Crippen molar-refractivity contribution < 1.29 is 18.8 Å². The molecule has 0 aliphatic rings. The third-order valence-corrected chi connectivity index (χ3v) is 5.60. The van der Waals surface area contributed by atoms with E-state index in [1.54, 1.807) is 37.3 Å². The average Bonchev–Trinajstić information content (AvgIpc) is 2.86. The molecule has 1 N–H and O–H groups in total. The maximum atomic E-state index is 14.5. The largest absolute Gasteiger partial charge is 0.469 e. The first-order valence-electron chi connectivity index (χ1n) is 10.9. The number of anilines is 2. The molecule has 0 spiro atoms. The Bertz CT molecular complexity index is 1370. The van der Waals surface area contributed by atoms with Gasteiger partial charge in [0, 0.05) is 22.8 Å². The molecule has 0 saturated heterocycles. The van der Waals surface area contributed by atoms with E-state index < -0.39 is 29.1 Å². The fourth-order valence-electron chi connectivity index (χ4n) is 3.32. The summed E-state index contributed by atoms with van der Waals surface area (Å²) in [6, 6.07) is 11.0. The van der Waals surface area contributed by atoms with E-state index in [9.17, 15) is 18.8 Å². The Hall–Kier alpha value is -3.99. The van der Waals surface area contributed by atoms with Crippen LogP contribution >= 0.6 is 11.6 Å². The molecule has 0 fully saturated rings. The van der Waals surface area contributed by atoms with Gasteiger partial charge in [-0.1, -0.05) is 35.8 Å². The van der Waals surface area contributed by atoms with Crippen LogP contribution in [0.3, 0.4) is 0 Å². The van der Waals surface area contributed by atoms with E-state index in [1.807, 2.05) is 0 Å². The quantitative estimate of drug-likeness (QED) is 0.249. The van der Waals surface area contributed by atoms with E-state index in [1.165, 1.54) is 37.1 Å². The predicted molar refractivity (Wildman–Crippen MR) is 133 cm³/mol. The van der Waals surface area contributed by atoms with Crippen molar-refractivity contribution in [2.45, 2.75) is 26.4 Å². The van der Waals surface area contributed by atoms with Crippen LogP contribution in [0.2, 0.25) is 5.02 Å². The van der Waals surface area contributed by atoms with Crippen molar-refractivity contribution in [3.05, 3.63) is 85.4 Å². The number of esters is 1. The van der Waals surface area contributed by atoms with Crippen molar-refractivity contribution >= 4 is 35.4 Å². The maximum absolute atomic E-state index is 14.5. The smallest absolute Gasteiger partial charge is 0.354 e. The van der Waals surface area contributed by atoms with Crippen molar-refractivity contribution in [3.63, 3.8) is 0 Å². The number of carbonyl (C=O) groups is 1. The van der Waals surface area contributed by atoms with Gasteiger partial charge in [-0.05, 0) is 42.3 Å². The van der Waals surface area contributed by atoms with E-state index in [0.717, 1.165) is 10.1 Å². The summed E-state index contributed by atoms with van der Waals surface area (Å²) in [5.41, 5.74) is -0.291. The molecule has 0 aliphatic heterocycles. The number of oxime groups is 1. The summed E-state index contributed by atoms with van der Waals surface area (Å²) in [6.45, 7) is 1.66. The molecule has 12 heteroatoms. The normalized spacial score (nSPS) is 11.9. The number of benzene rings is 2. The summed E-state index contributed by atoms with van der Waals surface area (Å²) in [5, 5.41) is 6.91. The Balaban J connectivity index is 2.00. The highest BCUT2D eigenvalue weighted by molar-refractivity contribution is 6.30. The van der Waals surface area contributed by atoms with Crippen LogP contribution in [0.25, 0.3) is 0 Å². The number of methoxy groups -OCH3 is 1. The Morgan fingerprint density at radius 3 is 2.56 bits per heavy atom. The van der Waals surface area contributed by atoms with Crippen molar-refractivity contribution in [1.29, 1.82) is 0 Å². The Morgan fingerprint density at radius 2 is 1.92 bits per heavy atom. The van der Waals surface area contributed by atoms with Gasteiger partial charge in [-0.2, -0.15) is 4.98 Å². The number of halogens is 2. The van der Waals surface area contributed by atoms with Gasteiger partial charge in [-0.3, -0.25) is 9.36 Å². The number of hydrogen-bond acceptors (Lipinski definition) is 8. The summed E-state index contributed by atoms with van der Waals surface area (Å²) in [6.07, 6.45) is 1.41. The SMILES string of the molecule is CO/N=C/c1ccc(Nc2nc(=O)n(CC[C@H](C)C(=O)OC)c(=O)n2Cc2ccc(Cl)cc2)cc1F. The average molecular weight is 518 g/mol. The van der Waals surface area contributed by atoms with Crippen molar-refractivity contribution in [1.82, 2.24) is 14.1 Å². The number of aromatic nitrogens is 3. The number of nitrogens with zero attached hydrogens (tertiary/aromatic N) is 4. The predicted octanol–water partition coefficient (Wildman–Crippen LogP) is 3.17. The van der Waals surface area contributed by atoms with Gasteiger partial charge in [-0.15, -0.1) is 0 Å². The zero-order chi connectivity index (χ0) is 26.2. The lowest BCUT2D eigenvalue weighted by Gasteiger charge is -2.16. The molecule has 1 aromatic heterocycles. The lowest BCUT2D eigenvalue weighted by molar-refractivity contribution is -0.145. The van der Waals surface area contributed by atoms with Gasteiger partial charge >= 0.3 is 17.3 Å². The summed E-state index contributed by atoms with van der Waals surface area (Å²) in [7, 11) is 2.61. The highest BCUT2D eigenvalue weighted by Gasteiger charge is 2.18. The van der Waals surface area contributed by atoms with Crippen LogP contribution in [0, 0.1) is 11.7 Å². The van der Waals surface area contributed by atoms with Crippen LogP contribution in [0.4, 0.5) is 16.0 Å². The molecule has 3 rings (SSSR count). The van der Waals surface area contributed by atoms with Crippen molar-refractivity contribution in [2.24, 2.45) is 11.1 Å². The number of ether oxygens (including phenoxy) is 1. The van der Waals surface area contributed by atoms with Crippen LogP contribution in [0.15, 0.2) is 57.2 Å². The molecule has 1 heterocycles. The standard InChI is InChI=1S/C24H25ClFN5O5/c1-15(21(32)35-2)10-11-30-23(33)29-22(28-19-9-6-17(13-27-36-3)20(26)12-19)31(24(30)34)14-16-4-7-18(25)8-5-16/h4-9,12-13,15H,10-11,14H2,1-3H3,(H,28,29,33)/b27-13+/t15-/m0/s1. The highest BCUT2D eigenvalue weighted by Crippen LogP contribution is 2.18. The fraction of sp³-hybridized carbons (Fsp3) is 0.292. The molecule has 36 heavy (non-hydrogen) atoms. The Morgan fingerprint density at radius 1 is 1.19 bits per heavy atom. The topological polar surface area (TPSA) is 117 Å². The van der Waals surface area contributed by atoms with Crippen LogP contribution in [-0.2, 0) is 27.5 Å². The van der Waals surface area contributed by atoms with Gasteiger partial charge in [0.05, 0.1) is 25.8 Å². The van der Waals surface area contributed by atoms with Gasteiger partial charge in [0.25, 0.3) is 0 Å². The van der Waals surface area contributed by atoms with Gasteiger partial charge in [0.2, 0.25) is 5.95 Å². The first kappa shape index (κ1) is 26.6. The molecule has 10 nitrogen and oxygen atoms in total. The Kier molecular flexibility index (Phi) is 8.96. The monoisotopic (exact) mass is 517 g/mol. The number of rotatable bonds is 10. The molecule has 2 aromatic carbocycles. The Labute approximate surface area is 210 Å². The molecule has 0 amide bonds. The minimum Gasteiger partial charge on any atom is -0.469 e. The summed E-state index contributed by atoms with van der Waals surface area (Å²) < 4.78 is 21.4. The van der Waals surface area contributed by atoms with E-state index >= 15 is 0 Å². The molecule has 1 atom stereocenters. The van der Waals surface area contributed by atoms with E-state index in [-0.39, 0.29) is 36.7 Å². The summed E-state index contributed by atoms with van der Waals surface area (Å²) >= 11 is 5.97. The van der Waals surface area contributed by atoms with Crippen LogP contribution < -0.4 is 16.7 Å². The van der Waals surface area contributed by atoms with Gasteiger partial charge in [0.1, 0.15) is 12.9 Å². The summed E-state index contributed by atoms with van der Waals surface area (Å²) in [4.78, 5) is 46.4. The first-order chi connectivity index (χ1) is 17.2. The maximum Gasteiger partial charge on any atom is 0.354 e. The van der Waals surface area contributed by atoms with Crippen LogP contribution in [-0.4, -0.2) is 40.5 Å². The lowest BCUT2D eigenvalue weighted by atomic mass is 10.1. The molecule has 0 unspecified atom stereocenters. The third-order valence-electron chi connectivity index (χ3n) is 5.35. The van der Waals surface area contributed by atoms with Crippen LogP contribution in [0.1, 0.15) is 24.5 Å². The third kappa shape index (κ3) is 6.57. The van der Waals surface area contributed by atoms with Gasteiger partial charge in [-0.25, -0.2) is 18.5 Å². The van der Waals surface area contributed by atoms with E-state index in [0.29, 0.717) is 5.02 Å². The fourth-order valence-corrected chi connectivity index (χ4v) is 3.45.